The van der Waals surface area contributed by atoms with E-state index >= 15 is 0 Å². The second-order valence-electron chi connectivity index (χ2n) is 7.22. The highest BCUT2D eigenvalue weighted by Crippen LogP contribution is 2.06. The van der Waals surface area contributed by atoms with E-state index in [4.69, 9.17) is 15.2 Å². The first kappa shape index (κ1) is 23.3. The minimum Gasteiger partial charge on any atom is -0.457 e. The summed E-state index contributed by atoms with van der Waals surface area (Å²) in [6, 6.07) is 8.37. The molecule has 0 fully saturated rings. The number of nitrogens with zero attached hydrogens (tertiary/aromatic N) is 1. The van der Waals surface area contributed by atoms with Crippen LogP contribution in [0.4, 0.5) is 4.79 Å². The predicted octanol–water partition coefficient (Wildman–Crippen LogP) is 2.35. The van der Waals surface area contributed by atoms with Crippen LogP contribution in [0.1, 0.15) is 45.6 Å². The Hall–Kier alpha value is -2.74. The number of hydrogen-bond donors (Lipinski definition) is 2. The summed E-state index contributed by atoms with van der Waals surface area (Å²) >= 11 is 0. The van der Waals surface area contributed by atoms with Crippen LogP contribution in [0.2, 0.25) is 0 Å². The zero-order valence-corrected chi connectivity index (χ0v) is 16.6. The molecule has 0 aromatic heterocycles. The molecule has 3 N–H and O–H groups in total. The number of alkyl carbamates (subject to hydrolysis) is 1. The van der Waals surface area contributed by atoms with Crippen LogP contribution in [-0.4, -0.2) is 42.4 Å². The third-order valence-electron chi connectivity index (χ3n) is 3.45. The fraction of sp³-hybridized carbons (Fsp3) is 0.500. The Labute approximate surface area is 165 Å². The Bertz CT molecular complexity index is 668. The molecular weight excluding hydrogens is 362 g/mol. The minimum absolute atomic E-state index is 0.108. The van der Waals surface area contributed by atoms with Crippen LogP contribution in [0, 0.1) is 0 Å². The van der Waals surface area contributed by atoms with Crippen LogP contribution in [0.15, 0.2) is 35.3 Å². The second kappa shape index (κ2) is 11.9. The molecule has 8 heteroatoms. The standard InChI is InChI=1S/C20H29N3O5/c1-20(2,3)28-19(26)22-12-8-7-11-16(21)18(25)23-13-17(24)27-14-15-9-5-4-6-10-15/h4-6,9-10,13,16H,7-8,11-12,14,21H2,1-3H3,(H,22,26). The van der Waals surface area contributed by atoms with Crippen molar-refractivity contribution in [1.29, 1.82) is 0 Å². The topological polar surface area (TPSA) is 120 Å². The van der Waals surface area contributed by atoms with Crippen molar-refractivity contribution >= 4 is 24.2 Å². The van der Waals surface area contributed by atoms with E-state index in [1.807, 2.05) is 30.3 Å². The maximum Gasteiger partial charge on any atom is 0.407 e. The highest BCUT2D eigenvalue weighted by Gasteiger charge is 2.16. The van der Waals surface area contributed by atoms with Crippen LogP contribution in [0.3, 0.4) is 0 Å². The number of ether oxygens (including phenoxy) is 2. The Balaban J connectivity index is 2.19. The Morgan fingerprint density at radius 2 is 1.86 bits per heavy atom. The summed E-state index contributed by atoms with van der Waals surface area (Å²) in [7, 11) is 0. The van der Waals surface area contributed by atoms with E-state index in [1.54, 1.807) is 20.8 Å². The molecule has 1 aromatic rings. The molecule has 0 heterocycles. The summed E-state index contributed by atoms with van der Waals surface area (Å²) in [5.74, 6) is -1.29. The molecule has 0 spiro atoms. The van der Waals surface area contributed by atoms with Gasteiger partial charge in [-0.15, -0.1) is 0 Å². The van der Waals surface area contributed by atoms with Gasteiger partial charge in [-0.2, -0.15) is 0 Å². The van der Waals surface area contributed by atoms with Gasteiger partial charge in [0.2, 0.25) is 0 Å². The number of hydrogen-bond acceptors (Lipinski definition) is 6. The van der Waals surface area contributed by atoms with Gasteiger partial charge in [0.25, 0.3) is 5.91 Å². The lowest BCUT2D eigenvalue weighted by atomic mass is 10.1. The molecule has 0 saturated heterocycles. The Morgan fingerprint density at radius 1 is 1.18 bits per heavy atom. The molecule has 1 aromatic carbocycles. The Kier molecular flexibility index (Phi) is 9.87. The van der Waals surface area contributed by atoms with Crippen molar-refractivity contribution in [3.05, 3.63) is 35.9 Å². The van der Waals surface area contributed by atoms with E-state index < -0.39 is 29.6 Å². The number of carbonyl (C=O) groups excluding carboxylic acids is 3. The van der Waals surface area contributed by atoms with Crippen LogP contribution in [0.5, 0.6) is 0 Å². The molecule has 8 nitrogen and oxygen atoms in total. The van der Waals surface area contributed by atoms with Gasteiger partial charge in [0.15, 0.2) is 0 Å². The van der Waals surface area contributed by atoms with Gasteiger partial charge in [-0.3, -0.25) is 4.79 Å². The smallest absolute Gasteiger partial charge is 0.407 e. The maximum atomic E-state index is 11.8. The van der Waals surface area contributed by atoms with Crippen LogP contribution in [0.25, 0.3) is 0 Å². The van der Waals surface area contributed by atoms with Crippen LogP contribution < -0.4 is 11.1 Å². The molecule has 1 atom stereocenters. The van der Waals surface area contributed by atoms with E-state index in [2.05, 4.69) is 10.3 Å². The van der Waals surface area contributed by atoms with Crippen LogP contribution in [-0.2, 0) is 25.7 Å². The number of rotatable bonds is 9. The number of nitrogens with one attached hydrogen (secondary N) is 1. The molecule has 0 aliphatic heterocycles. The fourth-order valence-corrected chi connectivity index (χ4v) is 2.10. The van der Waals surface area contributed by atoms with Gasteiger partial charge >= 0.3 is 12.1 Å². The SMILES string of the molecule is CC(C)(C)OC(=O)NCCCCC(N)C(=O)N=CC(=O)OCc1ccccc1. The highest BCUT2D eigenvalue weighted by molar-refractivity contribution is 6.25. The first-order valence-electron chi connectivity index (χ1n) is 9.18. The monoisotopic (exact) mass is 391 g/mol. The van der Waals surface area contributed by atoms with Gasteiger partial charge < -0.3 is 20.5 Å². The summed E-state index contributed by atoms with van der Waals surface area (Å²) < 4.78 is 10.1. The van der Waals surface area contributed by atoms with Gasteiger partial charge in [-0.05, 0) is 45.6 Å². The van der Waals surface area contributed by atoms with Gasteiger partial charge in [-0.25, -0.2) is 14.6 Å². The normalized spacial score (nSPS) is 12.4. The van der Waals surface area contributed by atoms with Gasteiger partial charge in [-0.1, -0.05) is 30.3 Å². The average Bonchev–Trinajstić information content (AvgIpc) is 2.63. The molecule has 0 saturated carbocycles. The average molecular weight is 391 g/mol. The third kappa shape index (κ3) is 11.1. The first-order valence-corrected chi connectivity index (χ1v) is 9.18. The van der Waals surface area contributed by atoms with Crippen molar-refractivity contribution < 1.29 is 23.9 Å². The lowest BCUT2D eigenvalue weighted by Crippen LogP contribution is -2.33. The molecule has 0 aliphatic rings. The van der Waals surface area contributed by atoms with Crippen molar-refractivity contribution in [2.24, 2.45) is 10.7 Å². The lowest BCUT2D eigenvalue weighted by molar-refractivity contribution is -0.136. The number of esters is 1. The molecular formula is C20H29N3O5. The number of amides is 2. The number of carbonyl (C=O) groups is 3. The minimum atomic E-state index is -0.806. The molecule has 0 radical (unpaired) electrons. The van der Waals surface area contributed by atoms with Crippen molar-refractivity contribution in [3.8, 4) is 0 Å². The van der Waals surface area contributed by atoms with E-state index in [-0.39, 0.29) is 6.61 Å². The number of aliphatic imine (C=N–C) groups is 1. The number of nitrogens with two attached hydrogens (primary N) is 1. The largest absolute Gasteiger partial charge is 0.457 e. The molecule has 0 aliphatic carbocycles. The summed E-state index contributed by atoms with van der Waals surface area (Å²) in [4.78, 5) is 38.5. The molecule has 154 valence electrons. The fourth-order valence-electron chi connectivity index (χ4n) is 2.10. The van der Waals surface area contributed by atoms with Crippen LogP contribution >= 0.6 is 0 Å². The molecule has 28 heavy (non-hydrogen) atoms. The van der Waals surface area contributed by atoms with E-state index in [9.17, 15) is 14.4 Å². The zero-order valence-electron chi connectivity index (χ0n) is 16.6. The summed E-state index contributed by atoms with van der Waals surface area (Å²) in [6.07, 6.45) is 2.02. The predicted molar refractivity (Wildman–Crippen MR) is 106 cm³/mol. The third-order valence-corrected chi connectivity index (χ3v) is 3.45. The quantitative estimate of drug-likeness (QED) is 0.379. The zero-order chi connectivity index (χ0) is 21.0. The van der Waals surface area contributed by atoms with Gasteiger partial charge in [0.1, 0.15) is 18.4 Å². The van der Waals surface area contributed by atoms with Crippen molar-refractivity contribution in [1.82, 2.24) is 5.32 Å². The summed E-state index contributed by atoms with van der Waals surface area (Å²) in [6.45, 7) is 5.89. The van der Waals surface area contributed by atoms with E-state index in [0.29, 0.717) is 25.8 Å². The van der Waals surface area contributed by atoms with E-state index in [1.165, 1.54) is 0 Å². The second-order valence-corrected chi connectivity index (χ2v) is 7.22. The molecule has 0 bridgehead atoms. The molecule has 1 unspecified atom stereocenters. The summed E-state index contributed by atoms with van der Waals surface area (Å²) in [5.41, 5.74) is 6.06. The number of benzene rings is 1. The van der Waals surface area contributed by atoms with E-state index in [0.717, 1.165) is 11.8 Å². The van der Waals surface area contributed by atoms with Crippen molar-refractivity contribution in [2.45, 2.75) is 58.3 Å². The molecule has 2 amide bonds. The lowest BCUT2D eigenvalue weighted by Gasteiger charge is -2.19. The summed E-state index contributed by atoms with van der Waals surface area (Å²) in [5, 5.41) is 2.63. The van der Waals surface area contributed by atoms with Gasteiger partial charge in [0, 0.05) is 6.54 Å². The molecule has 1 rings (SSSR count). The first-order chi connectivity index (χ1) is 13.2. The maximum absolute atomic E-state index is 11.8. The highest BCUT2D eigenvalue weighted by atomic mass is 16.6. The van der Waals surface area contributed by atoms with Gasteiger partial charge in [0.05, 0.1) is 6.04 Å². The Morgan fingerprint density at radius 3 is 2.50 bits per heavy atom. The van der Waals surface area contributed by atoms with Crippen molar-refractivity contribution in [2.75, 3.05) is 6.54 Å². The number of unbranched alkanes of at least 4 members (excludes halogenated alkanes) is 1. The van der Waals surface area contributed by atoms with Crippen molar-refractivity contribution in [3.63, 3.8) is 0 Å².